The average molecular weight is 410 g/mol. The van der Waals surface area contributed by atoms with Crippen molar-refractivity contribution < 1.29 is 24.2 Å². The Labute approximate surface area is 176 Å². The zero-order valence-corrected chi connectivity index (χ0v) is 17.1. The van der Waals surface area contributed by atoms with E-state index in [4.69, 9.17) is 5.11 Å². The van der Waals surface area contributed by atoms with Gasteiger partial charge in [-0.2, -0.15) is 0 Å². The van der Waals surface area contributed by atoms with Gasteiger partial charge in [0.05, 0.1) is 20.1 Å². The molecule has 0 unspecified atom stereocenters. The van der Waals surface area contributed by atoms with Gasteiger partial charge in [0.25, 0.3) is 0 Å². The third-order valence-electron chi connectivity index (χ3n) is 4.43. The number of hydrogen-bond donors (Lipinski definition) is 2. The Morgan fingerprint density at radius 3 is 2.30 bits per heavy atom. The van der Waals surface area contributed by atoms with Crippen LogP contribution in [0.4, 0.5) is 11.4 Å². The molecule has 30 heavy (non-hydrogen) atoms. The molecule has 0 aliphatic carbocycles. The van der Waals surface area contributed by atoms with Crippen LogP contribution in [0.15, 0.2) is 54.6 Å². The summed E-state index contributed by atoms with van der Waals surface area (Å²) < 4.78 is 4.50. The Bertz CT molecular complexity index is 889. The molecule has 2 rings (SSSR count). The number of aliphatic hydroxyl groups excluding tert-OH is 1. The zero-order chi connectivity index (χ0) is 21.9. The summed E-state index contributed by atoms with van der Waals surface area (Å²) in [4.78, 5) is 37.2. The molecule has 0 bridgehead atoms. The van der Waals surface area contributed by atoms with Gasteiger partial charge in [-0.1, -0.05) is 18.2 Å². The van der Waals surface area contributed by atoms with E-state index in [1.807, 2.05) is 36.2 Å². The van der Waals surface area contributed by atoms with Crippen LogP contribution in [0.1, 0.15) is 28.8 Å². The highest BCUT2D eigenvalue weighted by molar-refractivity contribution is 6.07. The maximum atomic E-state index is 12.4. The number of ketones is 1. The van der Waals surface area contributed by atoms with E-state index >= 15 is 0 Å². The lowest BCUT2D eigenvalue weighted by Gasteiger charge is -2.17. The summed E-state index contributed by atoms with van der Waals surface area (Å²) in [5, 5.41) is 11.7. The molecule has 0 spiro atoms. The zero-order valence-electron chi connectivity index (χ0n) is 17.1. The van der Waals surface area contributed by atoms with Crippen LogP contribution in [0.2, 0.25) is 0 Å². The summed E-state index contributed by atoms with van der Waals surface area (Å²) in [7, 11) is 3.17. The van der Waals surface area contributed by atoms with Crippen molar-refractivity contribution in [1.82, 2.24) is 0 Å². The Balaban J connectivity index is 1.91. The van der Waals surface area contributed by atoms with Gasteiger partial charge in [-0.25, -0.2) is 0 Å². The minimum Gasteiger partial charge on any atom is -0.469 e. The topological polar surface area (TPSA) is 95.9 Å². The van der Waals surface area contributed by atoms with Crippen LogP contribution in [0, 0.1) is 0 Å². The van der Waals surface area contributed by atoms with Crippen molar-refractivity contribution in [2.75, 3.05) is 37.5 Å². The maximum absolute atomic E-state index is 12.4. The molecule has 158 valence electrons. The summed E-state index contributed by atoms with van der Waals surface area (Å²) in [6.07, 6.45) is 3.28. The lowest BCUT2D eigenvalue weighted by atomic mass is 10.1. The van der Waals surface area contributed by atoms with E-state index in [0.29, 0.717) is 17.8 Å². The molecular formula is C23H26N2O5. The molecule has 0 saturated heterocycles. The smallest absolute Gasteiger partial charge is 0.306 e. The van der Waals surface area contributed by atoms with Crippen molar-refractivity contribution in [3.63, 3.8) is 0 Å². The molecule has 0 fully saturated rings. The van der Waals surface area contributed by atoms with E-state index in [1.54, 1.807) is 30.3 Å². The van der Waals surface area contributed by atoms with Crippen molar-refractivity contribution in [3.05, 3.63) is 65.7 Å². The first-order valence-corrected chi connectivity index (χ1v) is 9.54. The van der Waals surface area contributed by atoms with Crippen LogP contribution in [0.25, 0.3) is 6.08 Å². The number of nitrogens with zero attached hydrogens (tertiary/aromatic N) is 1. The minimum absolute atomic E-state index is 0.0163. The van der Waals surface area contributed by atoms with E-state index in [9.17, 15) is 14.4 Å². The quantitative estimate of drug-likeness (QED) is 0.355. The Morgan fingerprint density at radius 1 is 1.03 bits per heavy atom. The van der Waals surface area contributed by atoms with E-state index in [0.717, 1.165) is 11.3 Å². The summed E-state index contributed by atoms with van der Waals surface area (Å²) >= 11 is 0. The average Bonchev–Trinajstić information content (AvgIpc) is 2.76. The second-order valence-electron chi connectivity index (χ2n) is 6.64. The summed E-state index contributed by atoms with van der Waals surface area (Å²) in [6, 6.07) is 14.2. The van der Waals surface area contributed by atoms with E-state index in [2.05, 4.69) is 10.1 Å². The molecular weight excluding hydrogens is 384 g/mol. The number of amides is 1. The van der Waals surface area contributed by atoms with Crippen molar-refractivity contribution >= 4 is 35.1 Å². The number of anilines is 2. The van der Waals surface area contributed by atoms with Gasteiger partial charge in [0.1, 0.15) is 0 Å². The number of carbonyl (C=O) groups excluding carboxylic acids is 3. The van der Waals surface area contributed by atoms with Gasteiger partial charge in [0.15, 0.2) is 5.78 Å². The number of allylic oxidation sites excluding steroid dienone is 1. The van der Waals surface area contributed by atoms with Gasteiger partial charge in [0, 0.05) is 37.0 Å². The number of benzene rings is 2. The fourth-order valence-electron chi connectivity index (χ4n) is 2.65. The second-order valence-corrected chi connectivity index (χ2v) is 6.64. The molecule has 2 N–H and O–H groups in total. The fraction of sp³-hybridized carbons (Fsp3) is 0.261. The van der Waals surface area contributed by atoms with Gasteiger partial charge < -0.3 is 20.1 Å². The van der Waals surface area contributed by atoms with E-state index in [1.165, 1.54) is 13.2 Å². The molecule has 0 atom stereocenters. The minimum atomic E-state index is -0.440. The van der Waals surface area contributed by atoms with E-state index < -0.39 is 5.97 Å². The highest BCUT2D eigenvalue weighted by Gasteiger charge is 2.08. The first-order chi connectivity index (χ1) is 14.4. The summed E-state index contributed by atoms with van der Waals surface area (Å²) in [5.74, 6) is -0.891. The van der Waals surface area contributed by atoms with Gasteiger partial charge in [-0.3, -0.25) is 14.4 Å². The second kappa shape index (κ2) is 11.5. The molecule has 0 aromatic heterocycles. The third-order valence-corrected chi connectivity index (χ3v) is 4.43. The lowest BCUT2D eigenvalue weighted by Crippen LogP contribution is -2.20. The van der Waals surface area contributed by atoms with Crippen LogP contribution in [0.3, 0.4) is 0 Å². The van der Waals surface area contributed by atoms with E-state index in [-0.39, 0.29) is 31.1 Å². The number of likely N-dealkylation sites (N-methyl/N-ethyl adjacent to an activating group) is 1. The Morgan fingerprint density at radius 2 is 1.70 bits per heavy atom. The number of hydrogen-bond acceptors (Lipinski definition) is 6. The molecule has 7 nitrogen and oxygen atoms in total. The van der Waals surface area contributed by atoms with Crippen LogP contribution in [-0.4, -0.2) is 50.1 Å². The molecule has 0 aliphatic heterocycles. The number of ether oxygens (including phenoxy) is 1. The summed E-state index contributed by atoms with van der Waals surface area (Å²) in [6.45, 7) is 0.637. The van der Waals surface area contributed by atoms with Crippen LogP contribution in [-0.2, 0) is 14.3 Å². The molecule has 0 heterocycles. The molecule has 0 saturated carbocycles. The molecule has 2 aromatic carbocycles. The predicted octanol–water partition coefficient (Wildman–Crippen LogP) is 2.90. The van der Waals surface area contributed by atoms with Crippen LogP contribution >= 0.6 is 0 Å². The molecule has 0 aliphatic rings. The number of carbonyl (C=O) groups is 3. The largest absolute Gasteiger partial charge is 0.469 e. The number of esters is 1. The fourth-order valence-corrected chi connectivity index (χ4v) is 2.65. The number of aliphatic hydroxyl groups is 1. The monoisotopic (exact) mass is 410 g/mol. The SMILES string of the molecule is COC(=O)CCC(=O)Nc1ccc(C(=O)/C=C/c2ccc(N(C)CCO)cc2)cc1. The van der Waals surface area contributed by atoms with Crippen LogP contribution < -0.4 is 10.2 Å². The highest BCUT2D eigenvalue weighted by atomic mass is 16.5. The normalized spacial score (nSPS) is 10.6. The Hall–Kier alpha value is -3.45. The molecule has 2 aromatic rings. The van der Waals surface area contributed by atoms with Crippen LogP contribution in [0.5, 0.6) is 0 Å². The first-order valence-electron chi connectivity index (χ1n) is 9.54. The standard InChI is InChI=1S/C23H26N2O5/c1-25(15-16-26)20-10-3-17(4-11-20)5-12-21(27)18-6-8-19(9-7-18)24-22(28)13-14-23(29)30-2/h3-12,26H,13-16H2,1-2H3,(H,24,28)/b12-5+. The summed E-state index contributed by atoms with van der Waals surface area (Å²) in [5.41, 5.74) is 2.92. The molecule has 7 heteroatoms. The van der Waals surface area contributed by atoms with Gasteiger partial charge in [-0.15, -0.1) is 0 Å². The van der Waals surface area contributed by atoms with Crippen molar-refractivity contribution in [2.24, 2.45) is 0 Å². The number of nitrogens with one attached hydrogen (secondary N) is 1. The number of methoxy groups -OCH3 is 1. The first kappa shape index (κ1) is 22.8. The highest BCUT2D eigenvalue weighted by Crippen LogP contribution is 2.15. The molecule has 0 radical (unpaired) electrons. The lowest BCUT2D eigenvalue weighted by molar-refractivity contribution is -0.141. The predicted molar refractivity (Wildman–Crippen MR) is 116 cm³/mol. The number of rotatable bonds is 10. The van der Waals surface area contributed by atoms with Crippen molar-refractivity contribution in [3.8, 4) is 0 Å². The van der Waals surface area contributed by atoms with Gasteiger partial charge in [0.2, 0.25) is 5.91 Å². The van der Waals surface area contributed by atoms with Crippen molar-refractivity contribution in [2.45, 2.75) is 12.8 Å². The Kier molecular flexibility index (Phi) is 8.77. The van der Waals surface area contributed by atoms with Gasteiger partial charge >= 0.3 is 5.97 Å². The van der Waals surface area contributed by atoms with Crippen molar-refractivity contribution in [1.29, 1.82) is 0 Å². The molecule has 1 amide bonds. The maximum Gasteiger partial charge on any atom is 0.306 e. The third kappa shape index (κ3) is 7.18. The van der Waals surface area contributed by atoms with Gasteiger partial charge in [-0.05, 0) is 48.0 Å².